The largest absolute Gasteiger partial charge is 0.336 e. The summed E-state index contributed by atoms with van der Waals surface area (Å²) in [6.45, 7) is 4.31. The highest BCUT2D eigenvalue weighted by Gasteiger charge is 2.19. The number of aromatic nitrogens is 2. The van der Waals surface area contributed by atoms with E-state index in [1.807, 2.05) is 6.92 Å². The average molecular weight is 241 g/mol. The normalized spacial score (nSPS) is 13.3. The van der Waals surface area contributed by atoms with E-state index in [1.54, 1.807) is 11.5 Å². The summed E-state index contributed by atoms with van der Waals surface area (Å²) in [6.07, 6.45) is 8.44. The van der Waals surface area contributed by atoms with E-state index in [2.05, 4.69) is 15.6 Å². The van der Waals surface area contributed by atoms with Gasteiger partial charge in [-0.15, -0.1) is 12.3 Å². The van der Waals surface area contributed by atoms with Crippen molar-refractivity contribution in [2.45, 2.75) is 37.9 Å². The first-order valence-corrected chi connectivity index (χ1v) is 6.45. The first-order chi connectivity index (χ1) is 7.49. The summed E-state index contributed by atoms with van der Waals surface area (Å²) in [5.41, 5.74) is 0. The Morgan fingerprint density at radius 1 is 1.69 bits per heavy atom. The number of terminal acetylenes is 1. The molecule has 0 bridgehead atoms. The minimum atomic E-state index is -3.55. The van der Waals surface area contributed by atoms with Gasteiger partial charge >= 0.3 is 0 Å². The minimum Gasteiger partial charge on any atom is -0.336 e. The molecule has 5 nitrogen and oxygen atoms in total. The molecule has 88 valence electrons. The van der Waals surface area contributed by atoms with E-state index in [0.29, 0.717) is 13.0 Å². The van der Waals surface area contributed by atoms with Gasteiger partial charge in [0.25, 0.3) is 10.0 Å². The highest BCUT2D eigenvalue weighted by molar-refractivity contribution is 7.89. The van der Waals surface area contributed by atoms with Gasteiger partial charge in [0.05, 0.1) is 6.33 Å². The van der Waals surface area contributed by atoms with E-state index in [4.69, 9.17) is 6.42 Å². The van der Waals surface area contributed by atoms with E-state index in [-0.39, 0.29) is 11.1 Å². The average Bonchev–Trinajstić information content (AvgIpc) is 2.65. The SMILES string of the molecule is C#CCC(C)NS(=O)(=O)c1cn(CC)cn1. The maximum atomic E-state index is 11.8. The molecule has 1 unspecified atom stereocenters. The number of aryl methyl sites for hydroxylation is 1. The van der Waals surface area contributed by atoms with E-state index < -0.39 is 10.0 Å². The lowest BCUT2D eigenvalue weighted by atomic mass is 10.3. The van der Waals surface area contributed by atoms with Gasteiger partial charge in [0, 0.05) is 25.2 Å². The highest BCUT2D eigenvalue weighted by atomic mass is 32.2. The van der Waals surface area contributed by atoms with Gasteiger partial charge < -0.3 is 4.57 Å². The molecule has 1 aromatic rings. The number of hydrogen-bond donors (Lipinski definition) is 1. The van der Waals surface area contributed by atoms with Crippen LogP contribution in [-0.4, -0.2) is 24.0 Å². The van der Waals surface area contributed by atoms with E-state index in [9.17, 15) is 8.42 Å². The summed E-state index contributed by atoms with van der Waals surface area (Å²) in [6, 6.07) is -0.290. The summed E-state index contributed by atoms with van der Waals surface area (Å²) in [5, 5.41) is 0.0261. The van der Waals surface area contributed by atoms with Crippen molar-refractivity contribution in [3.8, 4) is 12.3 Å². The van der Waals surface area contributed by atoms with Crippen molar-refractivity contribution < 1.29 is 8.42 Å². The van der Waals surface area contributed by atoms with Crippen LogP contribution in [-0.2, 0) is 16.6 Å². The van der Waals surface area contributed by atoms with Gasteiger partial charge in [0.2, 0.25) is 0 Å². The second-order valence-electron chi connectivity index (χ2n) is 3.47. The quantitative estimate of drug-likeness (QED) is 0.767. The number of imidazole rings is 1. The molecule has 0 aliphatic rings. The van der Waals surface area contributed by atoms with Gasteiger partial charge in [0.15, 0.2) is 5.03 Å². The molecule has 0 spiro atoms. The van der Waals surface area contributed by atoms with Crippen molar-refractivity contribution in [2.75, 3.05) is 0 Å². The molecule has 0 saturated heterocycles. The van der Waals surface area contributed by atoms with Crippen LogP contribution in [0, 0.1) is 12.3 Å². The van der Waals surface area contributed by atoms with Gasteiger partial charge in [-0.1, -0.05) is 0 Å². The summed E-state index contributed by atoms with van der Waals surface area (Å²) in [5.74, 6) is 2.41. The van der Waals surface area contributed by atoms with Crippen molar-refractivity contribution in [1.82, 2.24) is 14.3 Å². The molecule has 16 heavy (non-hydrogen) atoms. The summed E-state index contributed by atoms with van der Waals surface area (Å²) >= 11 is 0. The lowest BCUT2D eigenvalue weighted by molar-refractivity contribution is 0.560. The molecular formula is C10H15N3O2S. The molecule has 0 fully saturated rings. The zero-order chi connectivity index (χ0) is 12.2. The predicted molar refractivity (Wildman–Crippen MR) is 61.1 cm³/mol. The summed E-state index contributed by atoms with van der Waals surface area (Å²) < 4.78 is 27.7. The number of nitrogens with one attached hydrogen (secondary N) is 1. The van der Waals surface area contributed by atoms with Crippen LogP contribution in [0.1, 0.15) is 20.3 Å². The van der Waals surface area contributed by atoms with Gasteiger partial charge in [-0.25, -0.2) is 18.1 Å². The molecule has 0 aliphatic carbocycles. The molecule has 1 N–H and O–H groups in total. The molecule has 0 aliphatic heterocycles. The lowest BCUT2D eigenvalue weighted by Gasteiger charge is -2.09. The van der Waals surface area contributed by atoms with Gasteiger partial charge in [-0.2, -0.15) is 0 Å². The van der Waals surface area contributed by atoms with Crippen molar-refractivity contribution in [3.63, 3.8) is 0 Å². The molecule has 1 atom stereocenters. The standard InChI is InChI=1S/C10H15N3O2S/c1-4-6-9(3)12-16(14,15)10-7-13(5-2)8-11-10/h1,7-9,12H,5-6H2,2-3H3. The van der Waals surface area contributed by atoms with Crippen LogP contribution in [0.25, 0.3) is 0 Å². The molecular weight excluding hydrogens is 226 g/mol. The van der Waals surface area contributed by atoms with Crippen molar-refractivity contribution in [1.29, 1.82) is 0 Å². The zero-order valence-electron chi connectivity index (χ0n) is 9.34. The second-order valence-corrected chi connectivity index (χ2v) is 5.13. The zero-order valence-corrected chi connectivity index (χ0v) is 10.2. The van der Waals surface area contributed by atoms with Gasteiger partial charge in [-0.3, -0.25) is 0 Å². The molecule has 6 heteroatoms. The third-order valence-electron chi connectivity index (χ3n) is 2.03. The Kier molecular flexibility index (Phi) is 4.10. The maximum Gasteiger partial charge on any atom is 0.259 e. The van der Waals surface area contributed by atoms with Crippen LogP contribution in [0.15, 0.2) is 17.6 Å². The fourth-order valence-corrected chi connectivity index (χ4v) is 2.39. The van der Waals surface area contributed by atoms with Gasteiger partial charge in [0.1, 0.15) is 0 Å². The van der Waals surface area contributed by atoms with Crippen molar-refractivity contribution in [3.05, 3.63) is 12.5 Å². The topological polar surface area (TPSA) is 64.0 Å². The number of rotatable bonds is 5. The Morgan fingerprint density at radius 3 is 2.88 bits per heavy atom. The second kappa shape index (κ2) is 5.14. The number of sulfonamides is 1. The van der Waals surface area contributed by atoms with E-state index in [1.165, 1.54) is 12.5 Å². The van der Waals surface area contributed by atoms with Crippen LogP contribution in [0.4, 0.5) is 0 Å². The summed E-state index contributed by atoms with van der Waals surface area (Å²) in [7, 11) is -3.55. The third kappa shape index (κ3) is 3.08. The molecule has 1 rings (SSSR count). The van der Waals surface area contributed by atoms with E-state index in [0.717, 1.165) is 0 Å². The van der Waals surface area contributed by atoms with Crippen molar-refractivity contribution in [2.24, 2.45) is 0 Å². The van der Waals surface area contributed by atoms with Crippen LogP contribution in [0.2, 0.25) is 0 Å². The number of nitrogens with zero attached hydrogens (tertiary/aromatic N) is 2. The Balaban J connectivity index is 2.82. The lowest BCUT2D eigenvalue weighted by Crippen LogP contribution is -2.32. The molecule has 0 amide bonds. The maximum absolute atomic E-state index is 11.8. The first kappa shape index (κ1) is 12.7. The Morgan fingerprint density at radius 2 is 2.38 bits per heavy atom. The van der Waals surface area contributed by atoms with Crippen LogP contribution in [0.3, 0.4) is 0 Å². The van der Waals surface area contributed by atoms with Crippen LogP contribution in [0.5, 0.6) is 0 Å². The van der Waals surface area contributed by atoms with Crippen LogP contribution >= 0.6 is 0 Å². The van der Waals surface area contributed by atoms with Crippen molar-refractivity contribution >= 4 is 10.0 Å². The fraction of sp³-hybridized carbons (Fsp3) is 0.500. The molecule has 1 aromatic heterocycles. The number of hydrogen-bond acceptors (Lipinski definition) is 3. The molecule has 0 saturated carbocycles. The van der Waals surface area contributed by atoms with E-state index >= 15 is 0 Å². The molecule has 0 radical (unpaired) electrons. The Hall–Kier alpha value is -1.32. The fourth-order valence-electron chi connectivity index (χ4n) is 1.19. The summed E-state index contributed by atoms with van der Waals surface area (Å²) in [4.78, 5) is 3.83. The van der Waals surface area contributed by atoms with Crippen LogP contribution < -0.4 is 4.72 Å². The van der Waals surface area contributed by atoms with Gasteiger partial charge in [-0.05, 0) is 13.8 Å². The third-order valence-corrected chi connectivity index (χ3v) is 3.50. The molecule has 0 aromatic carbocycles. The predicted octanol–water partition coefficient (Wildman–Crippen LogP) is 0.593. The molecule has 1 heterocycles. The Labute approximate surface area is 95.9 Å². The highest BCUT2D eigenvalue weighted by Crippen LogP contribution is 2.06. The minimum absolute atomic E-state index is 0.0261. The first-order valence-electron chi connectivity index (χ1n) is 4.97. The monoisotopic (exact) mass is 241 g/mol. The Bertz CT molecular complexity index is 484. The smallest absolute Gasteiger partial charge is 0.259 e.